The van der Waals surface area contributed by atoms with Crippen LogP contribution in [0.2, 0.25) is 0 Å². The van der Waals surface area contributed by atoms with Gasteiger partial charge in [0.15, 0.2) is 6.61 Å². The number of anilines is 1. The molecule has 0 atom stereocenters. The number of ether oxygens (including phenoxy) is 1. The van der Waals surface area contributed by atoms with E-state index >= 15 is 0 Å². The molecule has 96 valence electrons. The minimum Gasteiger partial charge on any atom is -0.483 e. The molecule has 0 aliphatic rings. The van der Waals surface area contributed by atoms with E-state index in [1.54, 1.807) is 23.5 Å². The van der Waals surface area contributed by atoms with E-state index in [0.29, 0.717) is 23.2 Å². The number of aromatic nitrogens is 2. The van der Waals surface area contributed by atoms with Crippen LogP contribution in [0.25, 0.3) is 11.5 Å². The Kier molecular flexibility index (Phi) is 3.16. The van der Waals surface area contributed by atoms with Crippen molar-refractivity contribution < 1.29 is 9.26 Å². The third kappa shape index (κ3) is 2.58. The molecule has 0 unspecified atom stereocenters. The summed E-state index contributed by atoms with van der Waals surface area (Å²) in [6, 6.07) is 9.22. The van der Waals surface area contributed by atoms with Gasteiger partial charge in [0.25, 0.3) is 5.89 Å². The Morgan fingerprint density at radius 3 is 2.95 bits per heavy atom. The van der Waals surface area contributed by atoms with E-state index in [4.69, 9.17) is 15.0 Å². The van der Waals surface area contributed by atoms with Crippen LogP contribution in [0.3, 0.4) is 0 Å². The van der Waals surface area contributed by atoms with Crippen LogP contribution >= 0.6 is 11.3 Å². The van der Waals surface area contributed by atoms with Crippen LogP contribution in [0.15, 0.2) is 45.6 Å². The fourth-order valence-corrected chi connectivity index (χ4v) is 2.20. The van der Waals surface area contributed by atoms with Gasteiger partial charge in [-0.05, 0) is 23.6 Å². The van der Waals surface area contributed by atoms with Crippen LogP contribution in [-0.4, -0.2) is 10.1 Å². The average molecular weight is 273 g/mol. The molecule has 3 rings (SSSR count). The summed E-state index contributed by atoms with van der Waals surface area (Å²) >= 11 is 1.58. The summed E-state index contributed by atoms with van der Waals surface area (Å²) in [6.45, 7) is 0.224. The first-order chi connectivity index (χ1) is 9.33. The van der Waals surface area contributed by atoms with E-state index < -0.39 is 0 Å². The molecule has 0 bridgehead atoms. The molecule has 0 amide bonds. The molecular formula is C13H11N3O2S. The highest BCUT2D eigenvalue weighted by Crippen LogP contribution is 2.22. The van der Waals surface area contributed by atoms with E-state index in [9.17, 15) is 0 Å². The maximum atomic E-state index is 5.78. The molecule has 6 heteroatoms. The van der Waals surface area contributed by atoms with Gasteiger partial charge < -0.3 is 15.0 Å². The Balaban J connectivity index is 1.70. The molecule has 2 N–H and O–H groups in total. The van der Waals surface area contributed by atoms with Crippen molar-refractivity contribution in [2.75, 3.05) is 5.73 Å². The number of hydrogen-bond donors (Lipinski definition) is 1. The fourth-order valence-electron chi connectivity index (χ4n) is 1.57. The highest BCUT2D eigenvalue weighted by atomic mass is 32.1. The molecule has 1 aromatic carbocycles. The molecule has 0 saturated carbocycles. The third-order valence-electron chi connectivity index (χ3n) is 2.51. The van der Waals surface area contributed by atoms with Crippen LogP contribution < -0.4 is 10.5 Å². The van der Waals surface area contributed by atoms with Gasteiger partial charge in [-0.3, -0.25) is 0 Å². The van der Waals surface area contributed by atoms with Gasteiger partial charge in [0, 0.05) is 5.38 Å². The van der Waals surface area contributed by atoms with Gasteiger partial charge in [0.1, 0.15) is 5.75 Å². The van der Waals surface area contributed by atoms with Gasteiger partial charge in [-0.15, -0.1) is 0 Å². The second-order valence-electron chi connectivity index (χ2n) is 3.85. The Hall–Kier alpha value is -2.34. The van der Waals surface area contributed by atoms with E-state index in [2.05, 4.69) is 10.1 Å². The second kappa shape index (κ2) is 5.11. The molecule has 19 heavy (non-hydrogen) atoms. The van der Waals surface area contributed by atoms with Crippen molar-refractivity contribution in [2.45, 2.75) is 6.61 Å². The summed E-state index contributed by atoms with van der Waals surface area (Å²) in [7, 11) is 0. The van der Waals surface area contributed by atoms with E-state index in [1.807, 2.05) is 29.0 Å². The minimum atomic E-state index is 0.224. The summed E-state index contributed by atoms with van der Waals surface area (Å²) < 4.78 is 10.7. The zero-order chi connectivity index (χ0) is 13.1. The lowest BCUT2D eigenvalue weighted by Gasteiger charge is -2.05. The van der Waals surface area contributed by atoms with E-state index in [0.717, 1.165) is 5.56 Å². The topological polar surface area (TPSA) is 74.2 Å². The smallest absolute Gasteiger partial charge is 0.258 e. The first-order valence-electron chi connectivity index (χ1n) is 5.65. The molecule has 3 aromatic rings. The maximum absolute atomic E-state index is 5.78. The number of benzene rings is 1. The molecule has 2 aromatic heterocycles. The lowest BCUT2D eigenvalue weighted by atomic mass is 10.3. The first kappa shape index (κ1) is 11.7. The second-order valence-corrected chi connectivity index (χ2v) is 4.63. The van der Waals surface area contributed by atoms with Crippen molar-refractivity contribution in [1.82, 2.24) is 10.1 Å². The van der Waals surface area contributed by atoms with Crippen LogP contribution in [0.4, 0.5) is 5.69 Å². The Bertz CT molecular complexity index is 664. The number of nitrogens with two attached hydrogens (primary N) is 1. The van der Waals surface area contributed by atoms with Gasteiger partial charge in [-0.1, -0.05) is 17.3 Å². The minimum absolute atomic E-state index is 0.224. The van der Waals surface area contributed by atoms with E-state index in [1.165, 1.54) is 0 Å². The zero-order valence-electron chi connectivity index (χ0n) is 9.95. The molecule has 0 radical (unpaired) electrons. The summed E-state index contributed by atoms with van der Waals surface area (Å²) in [4.78, 5) is 4.26. The van der Waals surface area contributed by atoms with Crippen molar-refractivity contribution in [2.24, 2.45) is 0 Å². The normalized spacial score (nSPS) is 10.5. The number of nitrogens with zero attached hydrogens (tertiary/aromatic N) is 2. The standard InChI is InChI=1S/C13H11N3O2S/c14-10-3-1-2-4-11(10)17-7-12-15-13(18-16-12)9-5-6-19-8-9/h1-6,8H,7,14H2. The highest BCUT2D eigenvalue weighted by molar-refractivity contribution is 7.08. The van der Waals surface area contributed by atoms with E-state index in [-0.39, 0.29) is 6.61 Å². The molecule has 0 aliphatic heterocycles. The number of rotatable bonds is 4. The number of nitrogen functional groups attached to an aromatic ring is 1. The van der Waals surface area contributed by atoms with Gasteiger partial charge in [0.05, 0.1) is 11.3 Å². The van der Waals surface area contributed by atoms with Gasteiger partial charge >= 0.3 is 0 Å². The lowest BCUT2D eigenvalue weighted by molar-refractivity contribution is 0.288. The van der Waals surface area contributed by atoms with Crippen LogP contribution in [-0.2, 0) is 6.61 Å². The molecule has 0 spiro atoms. The quantitative estimate of drug-likeness (QED) is 0.740. The monoisotopic (exact) mass is 273 g/mol. The summed E-state index contributed by atoms with van der Waals surface area (Å²) in [5.74, 6) is 1.61. The predicted octanol–water partition coefficient (Wildman–Crippen LogP) is 2.96. The first-order valence-corrected chi connectivity index (χ1v) is 6.59. The molecule has 0 fully saturated rings. The van der Waals surface area contributed by atoms with Gasteiger partial charge in [-0.2, -0.15) is 16.3 Å². The zero-order valence-corrected chi connectivity index (χ0v) is 10.8. The Morgan fingerprint density at radius 1 is 1.26 bits per heavy atom. The number of hydrogen-bond acceptors (Lipinski definition) is 6. The summed E-state index contributed by atoms with van der Waals surface area (Å²) in [5.41, 5.74) is 7.29. The van der Waals surface area contributed by atoms with Crippen LogP contribution in [0.1, 0.15) is 5.82 Å². The third-order valence-corrected chi connectivity index (χ3v) is 3.20. The van der Waals surface area contributed by atoms with Crippen molar-refractivity contribution in [3.63, 3.8) is 0 Å². The van der Waals surface area contributed by atoms with Gasteiger partial charge in [-0.25, -0.2) is 0 Å². The van der Waals surface area contributed by atoms with Gasteiger partial charge in [0.2, 0.25) is 5.82 Å². The van der Waals surface area contributed by atoms with Crippen molar-refractivity contribution >= 4 is 17.0 Å². The fraction of sp³-hybridized carbons (Fsp3) is 0.0769. The van der Waals surface area contributed by atoms with Crippen molar-refractivity contribution in [1.29, 1.82) is 0 Å². The molecular weight excluding hydrogens is 262 g/mol. The maximum Gasteiger partial charge on any atom is 0.258 e. The number of para-hydroxylation sites is 2. The summed E-state index contributed by atoms with van der Waals surface area (Å²) in [6.07, 6.45) is 0. The average Bonchev–Trinajstić information content (AvgIpc) is 3.09. The largest absolute Gasteiger partial charge is 0.483 e. The SMILES string of the molecule is Nc1ccccc1OCc1noc(-c2ccsc2)n1. The summed E-state index contributed by atoms with van der Waals surface area (Å²) in [5, 5.41) is 7.78. The van der Waals surface area contributed by atoms with Crippen molar-refractivity contribution in [3.05, 3.63) is 46.9 Å². The van der Waals surface area contributed by atoms with Crippen LogP contribution in [0, 0.1) is 0 Å². The Labute approximate surface area is 113 Å². The van der Waals surface area contributed by atoms with Crippen LogP contribution in [0.5, 0.6) is 5.75 Å². The predicted molar refractivity (Wildman–Crippen MR) is 72.8 cm³/mol. The number of thiophene rings is 1. The molecule has 0 saturated heterocycles. The Morgan fingerprint density at radius 2 is 2.16 bits per heavy atom. The molecule has 2 heterocycles. The molecule has 0 aliphatic carbocycles. The highest BCUT2D eigenvalue weighted by Gasteiger charge is 2.10. The lowest BCUT2D eigenvalue weighted by Crippen LogP contribution is -2.00. The van der Waals surface area contributed by atoms with Crippen molar-refractivity contribution in [3.8, 4) is 17.2 Å². The molecule has 5 nitrogen and oxygen atoms in total.